The van der Waals surface area contributed by atoms with Gasteiger partial charge in [-0.3, -0.25) is 14.4 Å². The largest absolute Gasteiger partial charge is 0.357 e. The van der Waals surface area contributed by atoms with Gasteiger partial charge in [0.15, 0.2) is 0 Å². The second-order valence-electron chi connectivity index (χ2n) is 8.21. The summed E-state index contributed by atoms with van der Waals surface area (Å²) >= 11 is 3.53. The van der Waals surface area contributed by atoms with Crippen LogP contribution in [0.25, 0.3) is 0 Å². The molecule has 0 unspecified atom stereocenters. The first-order valence-corrected chi connectivity index (χ1v) is 11.7. The van der Waals surface area contributed by atoms with Gasteiger partial charge in [-0.1, -0.05) is 78.3 Å². The van der Waals surface area contributed by atoms with Crippen molar-refractivity contribution in [2.75, 3.05) is 7.05 Å². The van der Waals surface area contributed by atoms with Crippen molar-refractivity contribution < 1.29 is 14.4 Å². The van der Waals surface area contributed by atoms with Gasteiger partial charge in [-0.25, -0.2) is 0 Å². The first kappa shape index (κ1) is 25.6. The topological polar surface area (TPSA) is 87.3 Å². The molecular formula is C25H32BrN3O3. The molecule has 2 rings (SSSR count). The maximum atomic E-state index is 13.2. The number of carbonyl (C=O) groups is 3. The van der Waals surface area contributed by atoms with Crippen LogP contribution in [0.4, 0.5) is 0 Å². The number of benzene rings is 2. The van der Waals surface area contributed by atoms with Crippen LogP contribution in [0.1, 0.15) is 37.8 Å². The zero-order valence-electron chi connectivity index (χ0n) is 18.9. The number of aryl methyl sites for hydroxylation is 1. The summed E-state index contributed by atoms with van der Waals surface area (Å²) in [5.74, 6) is -0.635. The van der Waals surface area contributed by atoms with Gasteiger partial charge in [0.05, 0.1) is 0 Å². The Morgan fingerprint density at radius 2 is 1.53 bits per heavy atom. The summed E-state index contributed by atoms with van der Waals surface area (Å²) in [5, 5.41) is 8.33. The smallest absolute Gasteiger partial charge is 0.243 e. The number of hydrogen-bond donors (Lipinski definition) is 3. The first-order chi connectivity index (χ1) is 15.3. The molecule has 0 fully saturated rings. The predicted octanol–water partition coefficient (Wildman–Crippen LogP) is 3.39. The lowest BCUT2D eigenvalue weighted by atomic mass is 10.0. The van der Waals surface area contributed by atoms with Crippen LogP contribution in [0, 0.1) is 5.92 Å². The summed E-state index contributed by atoms with van der Waals surface area (Å²) in [4.78, 5) is 38.1. The Bertz CT molecular complexity index is 902. The number of nitrogens with one attached hydrogen (secondary N) is 3. The monoisotopic (exact) mass is 501 g/mol. The van der Waals surface area contributed by atoms with Crippen LogP contribution in [0.2, 0.25) is 0 Å². The molecule has 0 radical (unpaired) electrons. The number of amides is 3. The van der Waals surface area contributed by atoms with Gasteiger partial charge in [0.25, 0.3) is 0 Å². The lowest BCUT2D eigenvalue weighted by Gasteiger charge is -2.23. The minimum Gasteiger partial charge on any atom is -0.357 e. The maximum Gasteiger partial charge on any atom is 0.243 e. The Hall–Kier alpha value is -2.67. The Labute approximate surface area is 198 Å². The molecule has 0 heterocycles. The van der Waals surface area contributed by atoms with Gasteiger partial charge in [0, 0.05) is 24.4 Å². The number of hydrogen-bond acceptors (Lipinski definition) is 3. The van der Waals surface area contributed by atoms with Gasteiger partial charge in [-0.05, 0) is 36.0 Å². The zero-order chi connectivity index (χ0) is 23.5. The van der Waals surface area contributed by atoms with Crippen molar-refractivity contribution in [1.82, 2.24) is 16.0 Å². The molecule has 0 saturated carbocycles. The summed E-state index contributed by atoms with van der Waals surface area (Å²) in [6.07, 6.45) is 1.72. The molecule has 2 aromatic rings. The molecule has 32 heavy (non-hydrogen) atoms. The molecule has 172 valence electrons. The third-order valence-electron chi connectivity index (χ3n) is 5.07. The van der Waals surface area contributed by atoms with Crippen molar-refractivity contribution in [2.24, 2.45) is 5.92 Å². The van der Waals surface area contributed by atoms with Crippen LogP contribution in [-0.2, 0) is 27.2 Å². The van der Waals surface area contributed by atoms with E-state index in [-0.39, 0.29) is 23.6 Å². The van der Waals surface area contributed by atoms with E-state index in [0.29, 0.717) is 25.7 Å². The molecule has 0 saturated heterocycles. The van der Waals surface area contributed by atoms with Crippen molar-refractivity contribution in [2.45, 2.75) is 51.6 Å². The Morgan fingerprint density at radius 3 is 2.16 bits per heavy atom. The first-order valence-electron chi connectivity index (χ1n) is 10.9. The van der Waals surface area contributed by atoms with Gasteiger partial charge in [-0.2, -0.15) is 0 Å². The SMILES string of the molecule is CNC(=O)[C@H](Cc1ccccc1)NC(=O)[C@@H](CCc1ccccc1Br)NC(=O)CC(C)C. The Morgan fingerprint density at radius 1 is 0.875 bits per heavy atom. The third kappa shape index (κ3) is 8.46. The highest BCUT2D eigenvalue weighted by Crippen LogP contribution is 2.18. The predicted molar refractivity (Wildman–Crippen MR) is 130 cm³/mol. The van der Waals surface area contributed by atoms with E-state index in [9.17, 15) is 14.4 Å². The van der Waals surface area contributed by atoms with Gasteiger partial charge < -0.3 is 16.0 Å². The molecular weight excluding hydrogens is 470 g/mol. The molecule has 0 aliphatic rings. The molecule has 0 aliphatic carbocycles. The van der Waals surface area contributed by atoms with Crippen molar-refractivity contribution >= 4 is 33.7 Å². The number of rotatable bonds is 11. The van der Waals surface area contributed by atoms with Crippen molar-refractivity contribution in [3.63, 3.8) is 0 Å². The van der Waals surface area contributed by atoms with Crippen molar-refractivity contribution in [3.8, 4) is 0 Å². The third-order valence-corrected chi connectivity index (χ3v) is 5.84. The molecule has 0 spiro atoms. The molecule has 7 heteroatoms. The summed E-state index contributed by atoms with van der Waals surface area (Å²) in [7, 11) is 1.54. The second kappa shape index (κ2) is 13.0. The molecule has 3 amide bonds. The average molecular weight is 502 g/mol. The quantitative estimate of drug-likeness (QED) is 0.440. The van der Waals surface area contributed by atoms with E-state index in [0.717, 1.165) is 15.6 Å². The average Bonchev–Trinajstić information content (AvgIpc) is 2.76. The highest BCUT2D eigenvalue weighted by molar-refractivity contribution is 9.10. The van der Waals surface area contributed by atoms with E-state index in [1.54, 1.807) is 7.05 Å². The summed E-state index contributed by atoms with van der Waals surface area (Å²) in [6.45, 7) is 3.91. The lowest BCUT2D eigenvalue weighted by Crippen LogP contribution is -2.54. The van der Waals surface area contributed by atoms with E-state index in [2.05, 4.69) is 31.9 Å². The number of halogens is 1. The molecule has 2 atom stereocenters. The summed E-state index contributed by atoms with van der Waals surface area (Å²) < 4.78 is 0.958. The van der Waals surface area contributed by atoms with E-state index < -0.39 is 12.1 Å². The minimum atomic E-state index is -0.740. The number of carbonyl (C=O) groups excluding carboxylic acids is 3. The van der Waals surface area contributed by atoms with Crippen LogP contribution in [0.5, 0.6) is 0 Å². The van der Waals surface area contributed by atoms with E-state index in [1.807, 2.05) is 68.4 Å². The van der Waals surface area contributed by atoms with Gasteiger partial charge in [0.1, 0.15) is 12.1 Å². The number of likely N-dealkylation sites (N-methyl/N-ethyl adjacent to an activating group) is 1. The van der Waals surface area contributed by atoms with Crippen LogP contribution in [-0.4, -0.2) is 36.9 Å². The van der Waals surface area contributed by atoms with E-state index in [1.165, 1.54) is 0 Å². The van der Waals surface area contributed by atoms with Crippen LogP contribution in [0.15, 0.2) is 59.1 Å². The van der Waals surface area contributed by atoms with Crippen molar-refractivity contribution in [1.29, 1.82) is 0 Å². The summed E-state index contributed by atoms with van der Waals surface area (Å²) in [6, 6.07) is 15.8. The van der Waals surface area contributed by atoms with E-state index >= 15 is 0 Å². The molecule has 2 aromatic carbocycles. The van der Waals surface area contributed by atoms with Gasteiger partial charge in [0.2, 0.25) is 17.7 Å². The van der Waals surface area contributed by atoms with Crippen LogP contribution < -0.4 is 16.0 Å². The lowest BCUT2D eigenvalue weighted by molar-refractivity contribution is -0.132. The van der Waals surface area contributed by atoms with Gasteiger partial charge >= 0.3 is 0 Å². The van der Waals surface area contributed by atoms with Crippen LogP contribution >= 0.6 is 15.9 Å². The molecule has 0 bridgehead atoms. The molecule has 0 aliphatic heterocycles. The standard InChI is InChI=1S/C25H32BrN3O3/c1-17(2)15-23(30)28-21(14-13-19-11-7-8-12-20(19)26)25(32)29-22(24(31)27-3)16-18-9-5-4-6-10-18/h4-12,17,21-22H,13-16H2,1-3H3,(H,27,31)(H,28,30)(H,29,32)/t21-,22+/m1/s1. The minimum absolute atomic E-state index is 0.174. The zero-order valence-corrected chi connectivity index (χ0v) is 20.4. The Kier molecular flexibility index (Phi) is 10.4. The van der Waals surface area contributed by atoms with Crippen molar-refractivity contribution in [3.05, 3.63) is 70.2 Å². The molecule has 3 N–H and O–H groups in total. The Balaban J connectivity index is 2.14. The maximum absolute atomic E-state index is 13.2. The molecule has 6 nitrogen and oxygen atoms in total. The molecule has 0 aromatic heterocycles. The van der Waals surface area contributed by atoms with E-state index in [4.69, 9.17) is 0 Å². The van der Waals surface area contributed by atoms with Crippen LogP contribution in [0.3, 0.4) is 0 Å². The highest BCUT2D eigenvalue weighted by atomic mass is 79.9. The summed E-state index contributed by atoms with van der Waals surface area (Å²) in [5.41, 5.74) is 1.99. The highest BCUT2D eigenvalue weighted by Gasteiger charge is 2.26. The van der Waals surface area contributed by atoms with Gasteiger partial charge in [-0.15, -0.1) is 0 Å². The fourth-order valence-electron chi connectivity index (χ4n) is 3.40. The fourth-order valence-corrected chi connectivity index (χ4v) is 3.88. The fraction of sp³-hybridized carbons (Fsp3) is 0.400. The normalized spacial score (nSPS) is 12.7. The second-order valence-corrected chi connectivity index (χ2v) is 9.07.